The van der Waals surface area contributed by atoms with Gasteiger partial charge in [-0.1, -0.05) is 40.9 Å². The molecule has 10 atom stereocenters. The molecule has 4 heterocycles. The number of ether oxygens (including phenoxy) is 2. The Labute approximate surface area is 312 Å². The summed E-state index contributed by atoms with van der Waals surface area (Å²) < 4.78 is 69.3. The van der Waals surface area contributed by atoms with Crippen LogP contribution < -0.4 is 0 Å². The quantitative estimate of drug-likeness (QED) is 0.236. The zero-order valence-electron chi connectivity index (χ0n) is 26.9. The smallest absolute Gasteiger partial charge is 0.339 e. The minimum absolute atomic E-state index is 0. The lowest BCUT2D eigenvalue weighted by Crippen LogP contribution is -2.57. The fraction of sp³-hybridized carbons (Fsp3) is 0.556. The van der Waals surface area contributed by atoms with Gasteiger partial charge in [-0.3, -0.25) is 14.8 Å². The molecule has 2 aromatic heterocycles. The van der Waals surface area contributed by atoms with E-state index in [-0.39, 0.29) is 26.9 Å². The monoisotopic (exact) mass is 850 g/mol. The Morgan fingerprint density at radius 2 is 1.27 bits per heavy atom. The number of fused-ring (bicyclic) bond motifs is 2. The predicted molar refractivity (Wildman–Crippen MR) is 193 cm³/mol. The first-order chi connectivity index (χ1) is 22.9. The number of aliphatic hydroxyl groups is 1. The van der Waals surface area contributed by atoms with Gasteiger partial charge >= 0.3 is 11.9 Å². The summed E-state index contributed by atoms with van der Waals surface area (Å²) in [5, 5.41) is 10.6. The minimum Gasteiger partial charge on any atom is -0.462 e. The summed E-state index contributed by atoms with van der Waals surface area (Å²) >= 11 is 6.59. The third kappa shape index (κ3) is 9.13. The average Bonchev–Trinajstić information content (AvgIpc) is 3.44. The molecule has 9 nitrogen and oxygen atoms in total. The highest BCUT2D eigenvalue weighted by atomic mass is 79.9. The van der Waals surface area contributed by atoms with E-state index >= 15 is 0 Å². The van der Waals surface area contributed by atoms with E-state index in [0.29, 0.717) is 11.4 Å². The van der Waals surface area contributed by atoms with E-state index < -0.39 is 83.8 Å². The lowest BCUT2D eigenvalue weighted by Gasteiger charge is -2.45. The molecule has 2 aliphatic heterocycles. The van der Waals surface area contributed by atoms with E-state index in [1.54, 1.807) is 69.6 Å². The Morgan fingerprint density at radius 3 is 1.76 bits per heavy atom. The average molecular weight is 853 g/mol. The summed E-state index contributed by atoms with van der Waals surface area (Å²) in [5.41, 5.74) is -0.832. The summed E-state index contributed by atoms with van der Waals surface area (Å²) in [7, 11) is 0. The number of allylic oxidation sites excluding steroid dienone is 2. The van der Waals surface area contributed by atoms with E-state index in [2.05, 4.69) is 41.8 Å². The normalized spacial score (nSPS) is 34.3. The van der Waals surface area contributed by atoms with Gasteiger partial charge < -0.3 is 14.6 Å². The Kier molecular flexibility index (Phi) is 14.9. The molecule has 0 aromatic carbocycles. The summed E-state index contributed by atoms with van der Waals surface area (Å²) in [6.45, 7) is 6.42. The van der Waals surface area contributed by atoms with Crippen LogP contribution in [0.1, 0.15) is 66.8 Å². The molecule has 0 bridgehead atoms. The lowest BCUT2D eigenvalue weighted by molar-refractivity contribution is -0.193. The van der Waals surface area contributed by atoms with Crippen molar-refractivity contribution in [1.82, 2.24) is 9.97 Å². The van der Waals surface area contributed by atoms with Crippen LogP contribution in [0.5, 0.6) is 0 Å². The molecule has 15 heteroatoms. The molecule has 0 spiro atoms. The zero-order valence-corrected chi connectivity index (χ0v) is 30.1. The third-order valence-corrected chi connectivity index (χ3v) is 11.1. The third-order valence-electron chi connectivity index (χ3n) is 10.1. The number of carbonyl (C=O) groups is 2. The van der Waals surface area contributed by atoms with Gasteiger partial charge in [-0.15, -0.1) is 0 Å². The van der Waals surface area contributed by atoms with E-state index in [1.165, 1.54) is 6.92 Å². The van der Waals surface area contributed by atoms with Crippen molar-refractivity contribution in [2.75, 3.05) is 0 Å². The van der Waals surface area contributed by atoms with Gasteiger partial charge in [0, 0.05) is 61.4 Å². The molecule has 2 aliphatic carbocycles. The molecule has 0 amide bonds. The number of pyridine rings is 2. The molecule has 0 radical (unpaired) electrons. The van der Waals surface area contributed by atoms with Crippen LogP contribution in [0, 0.1) is 51.4 Å². The first-order valence-electron chi connectivity index (χ1n) is 15.6. The summed E-state index contributed by atoms with van der Waals surface area (Å²) in [6.07, 6.45) is 7.79. The van der Waals surface area contributed by atoms with Crippen molar-refractivity contribution in [3.05, 3.63) is 79.1 Å². The van der Waals surface area contributed by atoms with Crippen LogP contribution in [0.15, 0.2) is 57.8 Å². The maximum atomic E-state index is 14.4. The van der Waals surface area contributed by atoms with Gasteiger partial charge in [0.15, 0.2) is 5.60 Å². The van der Waals surface area contributed by atoms with Crippen LogP contribution in [0.3, 0.4) is 0 Å². The maximum absolute atomic E-state index is 14.4. The van der Waals surface area contributed by atoms with E-state index in [1.807, 2.05) is 12.1 Å². The molecule has 4 aliphatic rings. The molecule has 51 heavy (non-hydrogen) atoms. The minimum atomic E-state index is -3.16. The fourth-order valence-corrected chi connectivity index (χ4v) is 7.97. The number of rotatable bonds is 4. The van der Waals surface area contributed by atoms with Crippen LogP contribution in [-0.2, 0) is 19.1 Å². The number of alkyl halides is 4. The van der Waals surface area contributed by atoms with Crippen molar-refractivity contribution in [3.63, 3.8) is 0 Å². The van der Waals surface area contributed by atoms with Gasteiger partial charge in [-0.25, -0.2) is 22.4 Å². The molecule has 1 N–H and O–H groups in total. The Morgan fingerprint density at radius 1 is 0.784 bits per heavy atom. The van der Waals surface area contributed by atoms with Gasteiger partial charge in [-0.05, 0) is 94.0 Å². The zero-order chi connectivity index (χ0) is 36.5. The van der Waals surface area contributed by atoms with Crippen LogP contribution in [0.2, 0.25) is 0 Å². The summed E-state index contributed by atoms with van der Waals surface area (Å²) in [6, 6.07) is 7.20. The van der Waals surface area contributed by atoms with Crippen molar-refractivity contribution < 1.29 is 41.7 Å². The van der Waals surface area contributed by atoms with Crippen molar-refractivity contribution in [2.24, 2.45) is 41.4 Å². The van der Waals surface area contributed by atoms with Gasteiger partial charge in [0.1, 0.15) is 12.2 Å². The highest BCUT2D eigenvalue weighted by Gasteiger charge is 2.67. The molecule has 2 saturated heterocycles. The van der Waals surface area contributed by atoms with Crippen molar-refractivity contribution in [1.29, 1.82) is 0 Å². The Balaban J connectivity index is 0.000000325. The van der Waals surface area contributed by atoms with Crippen LogP contribution >= 0.6 is 31.9 Å². The number of nitrogens with zero attached hydrogens (tertiary/aromatic N) is 2. The number of hydrogen-bond acceptors (Lipinski definition) is 9. The first-order valence-corrected chi connectivity index (χ1v) is 17.2. The number of hydrogen-bond donors (Lipinski definition) is 1. The second kappa shape index (κ2) is 17.2. The van der Waals surface area contributed by atoms with Crippen molar-refractivity contribution in [2.45, 2.75) is 85.0 Å². The maximum Gasteiger partial charge on any atom is 0.339 e. The number of cyclic esters (lactones) is 2. The SMILES string of the molecule is C.C.C[C@H]1OC(=O)[C@@H]2CC(F)(F)[C@@H](C)[C@H](/C=C/c3ccc(Br)cn3)[C@H]12.C[C@H]1OC(=O)[C@]2(O)CC(F)(F)[C@@H](C)[C@H](/C=C/c3ccc(Br)cn3)[C@H]12.O=O. The molecule has 282 valence electrons. The molecule has 2 aromatic rings. The number of halogens is 6. The molecule has 2 saturated carbocycles. The van der Waals surface area contributed by atoms with E-state index in [4.69, 9.17) is 19.4 Å². The van der Waals surface area contributed by atoms with Gasteiger partial charge in [0.2, 0.25) is 0 Å². The highest BCUT2D eigenvalue weighted by molar-refractivity contribution is 9.10. The molecular formula is C36H44Br2F4N2O7. The fourth-order valence-electron chi connectivity index (χ4n) is 7.50. The van der Waals surface area contributed by atoms with Gasteiger partial charge in [-0.2, -0.15) is 0 Å². The second-order valence-electron chi connectivity index (χ2n) is 13.0. The lowest BCUT2D eigenvalue weighted by atomic mass is 9.62. The molecular weight excluding hydrogens is 808 g/mol. The molecule has 4 fully saturated rings. The Bertz CT molecular complexity index is 1560. The van der Waals surface area contributed by atoms with Crippen molar-refractivity contribution in [3.8, 4) is 0 Å². The number of carbonyl (C=O) groups excluding carboxylic acids is 2. The predicted octanol–water partition coefficient (Wildman–Crippen LogP) is 9.11. The first kappa shape index (κ1) is 44.1. The standard InChI is InChI=1S/C17H18BrF2NO3.C17H18BrF2NO2.2CH4.O2/c1-9-13(6-5-12-4-3-11(18)7-21-12)14-10(2)24-15(22)16(14,23)8-17(9,19)20;1-9-13(6-5-12-4-3-11(18)8-21-12)15-10(2)23-16(22)14(15)7-17(9,19)20;;;1-2/h3-7,9-10,13-14,23H,8H2,1-2H3;3-6,8-10,13-15H,7H2,1-2H3;2*1H4;/b2*6-5+;;;/t9-,10+,13-,14-,16-;9-,10+,13-,14+,15-;;;/m00.../s1. The van der Waals surface area contributed by atoms with E-state index in [0.717, 1.165) is 8.95 Å². The van der Waals surface area contributed by atoms with Gasteiger partial charge in [0.05, 0.1) is 23.7 Å². The largest absolute Gasteiger partial charge is 0.462 e. The van der Waals surface area contributed by atoms with E-state index in [9.17, 15) is 32.3 Å². The van der Waals surface area contributed by atoms with Crippen molar-refractivity contribution >= 4 is 56.0 Å². The van der Waals surface area contributed by atoms with Crippen LogP contribution in [0.25, 0.3) is 12.2 Å². The summed E-state index contributed by atoms with van der Waals surface area (Å²) in [5.74, 6) is -12.1. The summed E-state index contributed by atoms with van der Waals surface area (Å²) in [4.78, 5) is 46.2. The van der Waals surface area contributed by atoms with Gasteiger partial charge in [0.25, 0.3) is 11.8 Å². The topological polar surface area (TPSA) is 133 Å². The van der Waals surface area contributed by atoms with Crippen LogP contribution in [0.4, 0.5) is 17.6 Å². The number of esters is 2. The molecule has 0 unspecified atom stereocenters. The second-order valence-corrected chi connectivity index (χ2v) is 14.9. The number of aromatic nitrogens is 2. The molecule has 6 rings (SSSR count). The Hall–Kier alpha value is -3.04. The van der Waals surface area contributed by atoms with Crippen LogP contribution in [-0.4, -0.2) is 56.7 Å². The highest BCUT2D eigenvalue weighted by Crippen LogP contribution is 2.55.